The molecule has 6 rings (SSSR count). The molecule has 4 heterocycles. The topological polar surface area (TPSA) is 73.4 Å². The van der Waals surface area contributed by atoms with Gasteiger partial charge in [-0.1, -0.05) is 11.6 Å². The van der Waals surface area contributed by atoms with E-state index in [4.69, 9.17) is 25.9 Å². The molecule has 2 aromatic heterocycles. The molecule has 1 fully saturated rings. The van der Waals surface area contributed by atoms with Crippen molar-refractivity contribution >= 4 is 28.6 Å². The zero-order valence-electron chi connectivity index (χ0n) is 19.3. The van der Waals surface area contributed by atoms with E-state index in [0.29, 0.717) is 27.8 Å². The SMILES string of the molecule is COc1cc(Cl)cc(-c2c3c(nn2C)C2CCCC(C3)N2C(=O)c2ccc3nc(C)oc3c2)c1. The molecule has 0 spiro atoms. The normalized spacial score (nSPS) is 19.4. The Morgan fingerprint density at radius 2 is 2.06 bits per heavy atom. The molecule has 2 aromatic carbocycles. The lowest BCUT2D eigenvalue weighted by Gasteiger charge is -2.45. The van der Waals surface area contributed by atoms with Crippen molar-refractivity contribution in [3.8, 4) is 17.0 Å². The van der Waals surface area contributed by atoms with Crippen molar-refractivity contribution in [3.05, 3.63) is 64.1 Å². The van der Waals surface area contributed by atoms with Crippen LogP contribution in [0.15, 0.2) is 40.8 Å². The molecule has 1 saturated heterocycles. The largest absolute Gasteiger partial charge is 0.497 e. The molecule has 2 unspecified atom stereocenters. The van der Waals surface area contributed by atoms with Crippen molar-refractivity contribution in [2.45, 2.75) is 44.7 Å². The zero-order chi connectivity index (χ0) is 23.6. The molecule has 0 N–H and O–H groups in total. The maximum atomic E-state index is 13.8. The molecule has 2 aliphatic rings. The highest BCUT2D eigenvalue weighted by Crippen LogP contribution is 2.45. The van der Waals surface area contributed by atoms with Gasteiger partial charge in [0, 0.05) is 41.7 Å². The number of benzene rings is 2. The third-order valence-electron chi connectivity index (χ3n) is 7.03. The molecule has 174 valence electrons. The predicted octanol–water partition coefficient (Wildman–Crippen LogP) is 5.49. The van der Waals surface area contributed by atoms with Gasteiger partial charge < -0.3 is 14.1 Å². The molecular weight excluding hydrogens is 452 g/mol. The molecule has 1 amide bonds. The van der Waals surface area contributed by atoms with Crippen molar-refractivity contribution < 1.29 is 13.9 Å². The minimum absolute atomic E-state index is 0.0212. The Hall–Kier alpha value is -3.32. The van der Waals surface area contributed by atoms with Crippen LogP contribution in [-0.2, 0) is 13.5 Å². The third-order valence-corrected chi connectivity index (χ3v) is 7.25. The summed E-state index contributed by atoms with van der Waals surface area (Å²) in [6.07, 6.45) is 3.71. The van der Waals surface area contributed by atoms with Crippen molar-refractivity contribution in [2.75, 3.05) is 7.11 Å². The summed E-state index contributed by atoms with van der Waals surface area (Å²) in [6.45, 7) is 1.81. The standard InChI is InChI=1S/C26H25ClN4O3/c1-14-28-21-8-7-15(11-23(21)34-14)26(32)31-18-5-4-6-22(31)24-20(13-18)25(30(2)29-24)16-9-17(27)12-19(10-16)33-3/h7-12,18,22H,4-6,13H2,1-3H3. The van der Waals surface area contributed by atoms with Crippen molar-refractivity contribution in [3.63, 3.8) is 0 Å². The fraction of sp³-hybridized carbons (Fsp3) is 0.346. The van der Waals surface area contributed by atoms with Crippen LogP contribution in [0.4, 0.5) is 0 Å². The number of amides is 1. The molecule has 8 heteroatoms. The summed E-state index contributed by atoms with van der Waals surface area (Å²) in [6, 6.07) is 11.3. The molecule has 0 saturated carbocycles. The van der Waals surface area contributed by atoms with Crippen LogP contribution in [0.5, 0.6) is 5.75 Å². The first kappa shape index (κ1) is 21.2. The Bertz CT molecular complexity index is 1440. The zero-order valence-corrected chi connectivity index (χ0v) is 20.1. The summed E-state index contributed by atoms with van der Waals surface area (Å²) in [7, 11) is 3.59. The van der Waals surface area contributed by atoms with Gasteiger partial charge in [0.05, 0.1) is 24.5 Å². The molecular formula is C26H25ClN4O3. The van der Waals surface area contributed by atoms with E-state index in [9.17, 15) is 4.79 Å². The second kappa shape index (κ2) is 7.87. The Morgan fingerprint density at radius 3 is 2.88 bits per heavy atom. The van der Waals surface area contributed by atoms with Crippen LogP contribution in [0, 0.1) is 6.92 Å². The van der Waals surface area contributed by atoms with Crippen LogP contribution in [0.3, 0.4) is 0 Å². The second-order valence-electron chi connectivity index (χ2n) is 9.15. The number of aromatic nitrogens is 3. The number of nitrogens with zero attached hydrogens (tertiary/aromatic N) is 4. The first-order valence-electron chi connectivity index (χ1n) is 11.5. The fourth-order valence-corrected chi connectivity index (χ4v) is 5.87. The van der Waals surface area contributed by atoms with Gasteiger partial charge in [0.1, 0.15) is 11.3 Å². The summed E-state index contributed by atoms with van der Waals surface area (Å²) < 4.78 is 13.0. The number of piperidine rings is 1. The minimum Gasteiger partial charge on any atom is -0.497 e. The third kappa shape index (κ3) is 3.29. The van der Waals surface area contributed by atoms with E-state index in [2.05, 4.69) is 4.98 Å². The Morgan fingerprint density at radius 1 is 1.21 bits per heavy atom. The van der Waals surface area contributed by atoms with Crippen LogP contribution < -0.4 is 4.74 Å². The summed E-state index contributed by atoms with van der Waals surface area (Å²) in [5.74, 6) is 1.33. The monoisotopic (exact) mass is 476 g/mol. The molecule has 2 atom stereocenters. The Labute approximate surface area is 202 Å². The van der Waals surface area contributed by atoms with E-state index in [-0.39, 0.29) is 18.0 Å². The van der Waals surface area contributed by atoms with E-state index in [1.807, 2.05) is 53.9 Å². The number of halogens is 1. The number of hydrogen-bond donors (Lipinski definition) is 0. The van der Waals surface area contributed by atoms with Crippen LogP contribution in [0.1, 0.15) is 52.8 Å². The highest BCUT2D eigenvalue weighted by atomic mass is 35.5. The molecule has 34 heavy (non-hydrogen) atoms. The van der Waals surface area contributed by atoms with Gasteiger partial charge in [0.25, 0.3) is 5.91 Å². The van der Waals surface area contributed by atoms with Gasteiger partial charge in [-0.3, -0.25) is 9.48 Å². The lowest BCUT2D eigenvalue weighted by molar-refractivity contribution is 0.0392. The fourth-order valence-electron chi connectivity index (χ4n) is 5.65. The number of fused-ring (bicyclic) bond motifs is 5. The number of oxazole rings is 1. The van der Waals surface area contributed by atoms with E-state index >= 15 is 0 Å². The summed E-state index contributed by atoms with van der Waals surface area (Å²) in [4.78, 5) is 20.2. The van der Waals surface area contributed by atoms with Crippen LogP contribution in [-0.4, -0.2) is 38.7 Å². The number of hydrogen-bond acceptors (Lipinski definition) is 5. The Kier molecular flexibility index (Phi) is 4.92. The average molecular weight is 477 g/mol. The summed E-state index contributed by atoms with van der Waals surface area (Å²) in [5, 5.41) is 5.54. The molecule has 7 nitrogen and oxygen atoms in total. The van der Waals surface area contributed by atoms with E-state index in [1.165, 1.54) is 5.56 Å². The van der Waals surface area contributed by atoms with E-state index in [1.54, 1.807) is 13.2 Å². The van der Waals surface area contributed by atoms with E-state index < -0.39 is 0 Å². The molecule has 0 radical (unpaired) electrons. The number of carbonyl (C=O) groups is 1. The maximum absolute atomic E-state index is 13.8. The molecule has 0 aliphatic carbocycles. The highest BCUT2D eigenvalue weighted by molar-refractivity contribution is 6.31. The minimum atomic E-state index is -0.0526. The number of ether oxygens (including phenoxy) is 1. The maximum Gasteiger partial charge on any atom is 0.254 e. The number of carbonyl (C=O) groups excluding carboxylic acids is 1. The smallest absolute Gasteiger partial charge is 0.254 e. The summed E-state index contributed by atoms with van der Waals surface area (Å²) in [5.41, 5.74) is 6.23. The van der Waals surface area contributed by atoms with Crippen LogP contribution >= 0.6 is 11.6 Å². The van der Waals surface area contributed by atoms with Gasteiger partial charge in [0.15, 0.2) is 11.5 Å². The Balaban J connectivity index is 1.42. The molecule has 2 aliphatic heterocycles. The van der Waals surface area contributed by atoms with Gasteiger partial charge in [0.2, 0.25) is 0 Å². The lowest BCUT2D eigenvalue weighted by Crippen LogP contribution is -2.49. The van der Waals surface area contributed by atoms with Gasteiger partial charge in [-0.15, -0.1) is 0 Å². The number of methoxy groups -OCH3 is 1. The lowest BCUT2D eigenvalue weighted by atomic mass is 9.81. The first-order chi connectivity index (χ1) is 16.4. The highest BCUT2D eigenvalue weighted by Gasteiger charge is 2.43. The number of aryl methyl sites for hydroxylation is 2. The second-order valence-corrected chi connectivity index (χ2v) is 9.58. The van der Waals surface area contributed by atoms with Gasteiger partial charge in [-0.2, -0.15) is 5.10 Å². The van der Waals surface area contributed by atoms with Crippen molar-refractivity contribution in [2.24, 2.45) is 7.05 Å². The van der Waals surface area contributed by atoms with Crippen LogP contribution in [0.25, 0.3) is 22.4 Å². The van der Waals surface area contributed by atoms with Crippen molar-refractivity contribution in [1.82, 2.24) is 19.7 Å². The quantitative estimate of drug-likeness (QED) is 0.391. The number of rotatable bonds is 3. The molecule has 4 aromatic rings. The van der Waals surface area contributed by atoms with Gasteiger partial charge in [-0.05, 0) is 62.1 Å². The first-order valence-corrected chi connectivity index (χ1v) is 11.9. The van der Waals surface area contributed by atoms with Gasteiger partial charge in [-0.25, -0.2) is 4.98 Å². The molecule has 2 bridgehead atoms. The average Bonchev–Trinajstić information content (AvgIpc) is 3.35. The van der Waals surface area contributed by atoms with E-state index in [0.717, 1.165) is 48.2 Å². The van der Waals surface area contributed by atoms with Gasteiger partial charge >= 0.3 is 0 Å². The van der Waals surface area contributed by atoms with Crippen molar-refractivity contribution in [1.29, 1.82) is 0 Å². The van der Waals surface area contributed by atoms with Crippen LogP contribution in [0.2, 0.25) is 5.02 Å². The predicted molar refractivity (Wildman–Crippen MR) is 129 cm³/mol. The summed E-state index contributed by atoms with van der Waals surface area (Å²) >= 11 is 6.38.